The summed E-state index contributed by atoms with van der Waals surface area (Å²) >= 11 is 0. The Morgan fingerprint density at radius 2 is 1.94 bits per heavy atom. The molecule has 0 unspecified atom stereocenters. The van der Waals surface area contributed by atoms with E-state index in [0.717, 1.165) is 11.1 Å². The number of amides is 1. The molecule has 5 nitrogen and oxygen atoms in total. The molecule has 0 aliphatic rings. The van der Waals surface area contributed by atoms with Crippen molar-refractivity contribution in [3.05, 3.63) is 42.1 Å². The fraction of sp³-hybridized carbons (Fsp3) is 0.0769. The van der Waals surface area contributed by atoms with Crippen LogP contribution in [0.3, 0.4) is 0 Å². The van der Waals surface area contributed by atoms with E-state index in [4.69, 9.17) is 16.2 Å². The van der Waals surface area contributed by atoms with E-state index in [2.05, 4.69) is 4.98 Å². The lowest BCUT2D eigenvalue weighted by atomic mass is 10.0. The van der Waals surface area contributed by atoms with Crippen LogP contribution in [-0.2, 0) is 0 Å². The number of nitrogens with two attached hydrogens (primary N) is 2. The summed E-state index contributed by atoms with van der Waals surface area (Å²) in [6.07, 6.45) is 1.68. The molecular formula is C13H13N3O2. The van der Waals surface area contributed by atoms with Crippen LogP contribution in [0.4, 0.5) is 5.69 Å². The predicted octanol–water partition coefficient (Wildman–Crippen LogP) is 1.44. The molecule has 0 saturated carbocycles. The van der Waals surface area contributed by atoms with Gasteiger partial charge in [-0.25, -0.2) is 4.98 Å². The third-order valence-corrected chi connectivity index (χ3v) is 2.60. The van der Waals surface area contributed by atoms with E-state index in [1.54, 1.807) is 37.6 Å². The highest BCUT2D eigenvalue weighted by atomic mass is 16.5. The number of aromatic nitrogens is 1. The SMILES string of the molecule is COc1ccc(-c2ccc(C(N)=O)c(N)c2)cn1. The summed E-state index contributed by atoms with van der Waals surface area (Å²) < 4.78 is 4.98. The van der Waals surface area contributed by atoms with Gasteiger partial charge in [0.15, 0.2) is 0 Å². The third-order valence-electron chi connectivity index (χ3n) is 2.60. The first kappa shape index (κ1) is 11.9. The number of primary amides is 1. The highest BCUT2D eigenvalue weighted by Gasteiger charge is 2.07. The second-order valence-corrected chi connectivity index (χ2v) is 3.76. The normalized spacial score (nSPS) is 10.1. The standard InChI is InChI=1S/C13H13N3O2/c1-18-12-5-3-9(7-16-12)8-2-4-10(13(15)17)11(14)6-8/h2-7H,14H2,1H3,(H2,15,17). The number of nitrogens with zero attached hydrogens (tertiary/aromatic N) is 1. The van der Waals surface area contributed by atoms with E-state index >= 15 is 0 Å². The molecule has 2 aromatic rings. The van der Waals surface area contributed by atoms with Gasteiger partial charge < -0.3 is 16.2 Å². The van der Waals surface area contributed by atoms with Gasteiger partial charge in [0.1, 0.15) is 0 Å². The minimum absolute atomic E-state index is 0.320. The van der Waals surface area contributed by atoms with Crippen LogP contribution in [0.25, 0.3) is 11.1 Å². The molecule has 5 heteroatoms. The second-order valence-electron chi connectivity index (χ2n) is 3.76. The summed E-state index contributed by atoms with van der Waals surface area (Å²) in [4.78, 5) is 15.2. The Morgan fingerprint density at radius 3 is 2.44 bits per heavy atom. The Kier molecular flexibility index (Phi) is 3.14. The Morgan fingerprint density at radius 1 is 1.22 bits per heavy atom. The molecule has 1 aromatic carbocycles. The number of ether oxygens (including phenoxy) is 1. The zero-order valence-corrected chi connectivity index (χ0v) is 9.88. The van der Waals surface area contributed by atoms with Crippen LogP contribution < -0.4 is 16.2 Å². The molecule has 0 bridgehead atoms. The van der Waals surface area contributed by atoms with Crippen LogP contribution in [0.1, 0.15) is 10.4 Å². The van der Waals surface area contributed by atoms with Crippen molar-refractivity contribution in [1.29, 1.82) is 0 Å². The molecule has 0 aliphatic carbocycles. The Labute approximate surface area is 104 Å². The first-order valence-electron chi connectivity index (χ1n) is 5.31. The van der Waals surface area contributed by atoms with Gasteiger partial charge in [0.05, 0.1) is 12.7 Å². The number of pyridine rings is 1. The predicted molar refractivity (Wildman–Crippen MR) is 69.2 cm³/mol. The maximum Gasteiger partial charge on any atom is 0.250 e. The van der Waals surface area contributed by atoms with E-state index in [1.807, 2.05) is 6.07 Å². The van der Waals surface area contributed by atoms with E-state index in [9.17, 15) is 4.79 Å². The molecule has 1 aromatic heterocycles. The molecule has 0 aliphatic heterocycles. The van der Waals surface area contributed by atoms with Crippen LogP contribution in [0.15, 0.2) is 36.5 Å². The van der Waals surface area contributed by atoms with Gasteiger partial charge in [0.25, 0.3) is 5.91 Å². The number of nitrogen functional groups attached to an aromatic ring is 1. The van der Waals surface area contributed by atoms with Gasteiger partial charge in [-0.15, -0.1) is 0 Å². The summed E-state index contributed by atoms with van der Waals surface area (Å²) in [6, 6.07) is 8.71. The van der Waals surface area contributed by atoms with E-state index in [-0.39, 0.29) is 0 Å². The van der Waals surface area contributed by atoms with Crippen molar-refractivity contribution in [1.82, 2.24) is 4.98 Å². The molecule has 0 saturated heterocycles. The van der Waals surface area contributed by atoms with Crippen molar-refractivity contribution in [2.75, 3.05) is 12.8 Å². The molecule has 1 amide bonds. The molecule has 0 radical (unpaired) electrons. The molecule has 1 heterocycles. The monoisotopic (exact) mass is 243 g/mol. The van der Waals surface area contributed by atoms with Gasteiger partial charge in [0, 0.05) is 23.5 Å². The van der Waals surface area contributed by atoms with Gasteiger partial charge in [-0.05, 0) is 23.8 Å². The second kappa shape index (κ2) is 4.75. The average Bonchev–Trinajstić information content (AvgIpc) is 2.38. The molecule has 4 N–H and O–H groups in total. The minimum Gasteiger partial charge on any atom is -0.481 e. The topological polar surface area (TPSA) is 91.2 Å². The van der Waals surface area contributed by atoms with Crippen molar-refractivity contribution >= 4 is 11.6 Å². The summed E-state index contributed by atoms with van der Waals surface area (Å²) in [5.74, 6) is 0.00684. The molecule has 2 rings (SSSR count). The Hall–Kier alpha value is -2.56. The average molecular weight is 243 g/mol. The van der Waals surface area contributed by atoms with Gasteiger partial charge in [0.2, 0.25) is 5.88 Å². The van der Waals surface area contributed by atoms with Crippen molar-refractivity contribution in [2.24, 2.45) is 5.73 Å². The molecule has 0 atom stereocenters. The summed E-state index contributed by atoms with van der Waals surface area (Å²) in [6.45, 7) is 0. The van der Waals surface area contributed by atoms with Gasteiger partial charge >= 0.3 is 0 Å². The number of benzene rings is 1. The number of hydrogen-bond acceptors (Lipinski definition) is 4. The van der Waals surface area contributed by atoms with E-state index < -0.39 is 5.91 Å². The summed E-state index contributed by atoms with van der Waals surface area (Å²) in [5.41, 5.74) is 13.4. The zero-order chi connectivity index (χ0) is 13.1. The van der Waals surface area contributed by atoms with Crippen molar-refractivity contribution in [2.45, 2.75) is 0 Å². The molecule has 92 valence electrons. The lowest BCUT2D eigenvalue weighted by Gasteiger charge is -2.06. The molecule has 0 fully saturated rings. The summed E-state index contributed by atoms with van der Waals surface area (Å²) in [7, 11) is 1.56. The van der Waals surface area contributed by atoms with Gasteiger partial charge in [-0.1, -0.05) is 6.07 Å². The fourth-order valence-electron chi connectivity index (χ4n) is 1.64. The number of methoxy groups -OCH3 is 1. The third kappa shape index (κ3) is 2.24. The van der Waals surface area contributed by atoms with Gasteiger partial charge in [-0.3, -0.25) is 4.79 Å². The lowest BCUT2D eigenvalue weighted by Crippen LogP contribution is -2.13. The van der Waals surface area contributed by atoms with Gasteiger partial charge in [-0.2, -0.15) is 0 Å². The largest absolute Gasteiger partial charge is 0.481 e. The maximum atomic E-state index is 11.1. The Balaban J connectivity index is 2.39. The molecule has 0 spiro atoms. The molecule has 18 heavy (non-hydrogen) atoms. The highest BCUT2D eigenvalue weighted by Crippen LogP contribution is 2.24. The van der Waals surface area contributed by atoms with E-state index in [1.165, 1.54) is 0 Å². The van der Waals surface area contributed by atoms with Crippen LogP contribution in [0.2, 0.25) is 0 Å². The van der Waals surface area contributed by atoms with Crippen molar-refractivity contribution in [3.63, 3.8) is 0 Å². The van der Waals surface area contributed by atoms with Crippen LogP contribution in [0, 0.1) is 0 Å². The van der Waals surface area contributed by atoms with E-state index in [0.29, 0.717) is 17.1 Å². The smallest absolute Gasteiger partial charge is 0.250 e. The number of carbonyl (C=O) groups excluding carboxylic acids is 1. The zero-order valence-electron chi connectivity index (χ0n) is 9.88. The van der Waals surface area contributed by atoms with Crippen LogP contribution >= 0.6 is 0 Å². The first-order chi connectivity index (χ1) is 8.61. The highest BCUT2D eigenvalue weighted by molar-refractivity contribution is 5.98. The lowest BCUT2D eigenvalue weighted by molar-refractivity contribution is 0.100. The number of carbonyl (C=O) groups is 1. The quantitative estimate of drug-likeness (QED) is 0.798. The maximum absolute atomic E-state index is 11.1. The first-order valence-corrected chi connectivity index (χ1v) is 5.31. The number of anilines is 1. The molecular weight excluding hydrogens is 230 g/mol. The summed E-state index contributed by atoms with van der Waals surface area (Å²) in [5, 5.41) is 0. The number of rotatable bonds is 3. The van der Waals surface area contributed by atoms with Crippen molar-refractivity contribution in [3.8, 4) is 17.0 Å². The Bertz CT molecular complexity index is 579. The van der Waals surface area contributed by atoms with Crippen LogP contribution in [-0.4, -0.2) is 18.0 Å². The fourth-order valence-corrected chi connectivity index (χ4v) is 1.64. The minimum atomic E-state index is -0.535. The number of hydrogen-bond donors (Lipinski definition) is 2. The van der Waals surface area contributed by atoms with Crippen molar-refractivity contribution < 1.29 is 9.53 Å². The van der Waals surface area contributed by atoms with Crippen LogP contribution in [0.5, 0.6) is 5.88 Å².